The zero-order valence-corrected chi connectivity index (χ0v) is 18.3. The van der Waals surface area contributed by atoms with Crippen molar-refractivity contribution in [3.63, 3.8) is 0 Å². The monoisotopic (exact) mass is 463 g/mol. The lowest BCUT2D eigenvalue weighted by atomic mass is 10.2. The number of aromatic nitrogens is 2. The lowest BCUT2D eigenvalue weighted by Gasteiger charge is -2.09. The van der Waals surface area contributed by atoms with Gasteiger partial charge >= 0.3 is 5.97 Å². The first kappa shape index (κ1) is 22.1. The molecule has 4 aromatic rings. The van der Waals surface area contributed by atoms with E-state index in [1.54, 1.807) is 18.4 Å². The molecule has 7 nitrogen and oxygen atoms in total. The molecular formula is C24H18FN3O4S. The molecule has 0 atom stereocenters. The number of amides is 1. The van der Waals surface area contributed by atoms with E-state index >= 15 is 0 Å². The molecule has 0 radical (unpaired) electrons. The summed E-state index contributed by atoms with van der Waals surface area (Å²) in [5, 5.41) is 9.09. The van der Waals surface area contributed by atoms with Crippen LogP contribution in [0.1, 0.15) is 23.0 Å². The molecule has 2 aromatic carbocycles. The first-order valence-electron chi connectivity index (χ1n) is 9.99. The molecule has 0 saturated carbocycles. The van der Waals surface area contributed by atoms with Gasteiger partial charge in [-0.05, 0) is 42.8 Å². The molecule has 0 aliphatic rings. The number of thiophene rings is 1. The molecule has 33 heavy (non-hydrogen) atoms. The normalized spacial score (nSPS) is 11.1. The van der Waals surface area contributed by atoms with Gasteiger partial charge in [0.25, 0.3) is 5.56 Å². The Morgan fingerprint density at radius 3 is 2.58 bits per heavy atom. The molecular weight excluding hydrogens is 445 g/mol. The van der Waals surface area contributed by atoms with Gasteiger partial charge in [-0.2, -0.15) is 9.78 Å². The second-order valence-corrected chi connectivity index (χ2v) is 7.73. The first-order valence-corrected chi connectivity index (χ1v) is 10.9. The summed E-state index contributed by atoms with van der Waals surface area (Å²) in [7, 11) is 0. The number of esters is 1. The van der Waals surface area contributed by atoms with Gasteiger partial charge in [0, 0.05) is 16.8 Å². The van der Waals surface area contributed by atoms with E-state index in [2.05, 4.69) is 10.4 Å². The maximum Gasteiger partial charge on any atom is 0.359 e. The van der Waals surface area contributed by atoms with Crippen LogP contribution in [0.3, 0.4) is 0 Å². The van der Waals surface area contributed by atoms with E-state index in [0.29, 0.717) is 0 Å². The standard InChI is InChI=1S/C24H18FN3O4S/c1-2-32-24(31)21-18-14-33-22(26-19(29)13-8-15-6-4-3-5-7-15)20(18)23(30)28(27-21)17-11-9-16(25)10-12-17/h3-14H,2H2,1H3,(H,26,29)/b13-8+. The van der Waals surface area contributed by atoms with Gasteiger partial charge in [-0.1, -0.05) is 30.3 Å². The highest BCUT2D eigenvalue weighted by atomic mass is 32.1. The number of rotatable bonds is 6. The molecule has 4 rings (SSSR count). The third-order valence-electron chi connectivity index (χ3n) is 4.66. The summed E-state index contributed by atoms with van der Waals surface area (Å²) >= 11 is 1.10. The Bertz CT molecular complexity index is 1410. The predicted octanol–water partition coefficient (Wildman–Crippen LogP) is 4.41. The van der Waals surface area contributed by atoms with Crippen molar-refractivity contribution < 1.29 is 18.7 Å². The topological polar surface area (TPSA) is 90.3 Å². The molecule has 0 unspecified atom stereocenters. The lowest BCUT2D eigenvalue weighted by Crippen LogP contribution is -2.25. The van der Waals surface area contributed by atoms with E-state index in [9.17, 15) is 18.8 Å². The molecule has 0 bridgehead atoms. The molecule has 1 amide bonds. The van der Waals surface area contributed by atoms with Crippen molar-refractivity contribution in [3.05, 3.63) is 93.5 Å². The molecule has 2 heterocycles. The third-order valence-corrected chi connectivity index (χ3v) is 5.55. The minimum absolute atomic E-state index is 0.0765. The molecule has 9 heteroatoms. The third kappa shape index (κ3) is 4.73. The average Bonchev–Trinajstić information content (AvgIpc) is 3.23. The predicted molar refractivity (Wildman–Crippen MR) is 125 cm³/mol. The van der Waals surface area contributed by atoms with Gasteiger partial charge in [0.1, 0.15) is 10.8 Å². The molecule has 0 saturated heterocycles. The Labute approximate surface area is 191 Å². The van der Waals surface area contributed by atoms with E-state index in [-0.39, 0.29) is 33.8 Å². The van der Waals surface area contributed by atoms with E-state index < -0.39 is 23.3 Å². The Hall–Kier alpha value is -4.11. The van der Waals surface area contributed by atoms with E-state index in [4.69, 9.17) is 4.74 Å². The summed E-state index contributed by atoms with van der Waals surface area (Å²) in [5.41, 5.74) is 0.470. The van der Waals surface area contributed by atoms with Crippen LogP contribution < -0.4 is 10.9 Å². The number of carbonyl (C=O) groups is 2. The van der Waals surface area contributed by atoms with Crippen molar-refractivity contribution in [2.45, 2.75) is 6.92 Å². The maximum absolute atomic E-state index is 13.4. The van der Waals surface area contributed by atoms with Crippen LogP contribution in [0.5, 0.6) is 0 Å². The van der Waals surface area contributed by atoms with Crippen molar-refractivity contribution in [1.29, 1.82) is 0 Å². The Balaban J connectivity index is 1.79. The number of hydrogen-bond acceptors (Lipinski definition) is 6. The SMILES string of the molecule is CCOC(=O)c1nn(-c2ccc(F)cc2)c(=O)c2c(NC(=O)/C=C/c3ccccc3)scc12. The van der Waals surface area contributed by atoms with Crippen molar-refractivity contribution in [2.24, 2.45) is 0 Å². The van der Waals surface area contributed by atoms with Crippen molar-refractivity contribution in [3.8, 4) is 5.69 Å². The average molecular weight is 463 g/mol. The van der Waals surface area contributed by atoms with Crippen LogP contribution in [0.15, 0.2) is 70.8 Å². The number of ether oxygens (including phenoxy) is 1. The second kappa shape index (κ2) is 9.58. The Morgan fingerprint density at radius 1 is 1.15 bits per heavy atom. The quantitative estimate of drug-likeness (QED) is 0.338. The van der Waals surface area contributed by atoms with Crippen LogP contribution in [0.4, 0.5) is 9.39 Å². The number of hydrogen-bond donors (Lipinski definition) is 1. The van der Waals surface area contributed by atoms with Crippen LogP contribution in [0.25, 0.3) is 22.5 Å². The molecule has 1 N–H and O–H groups in total. The second-order valence-electron chi connectivity index (χ2n) is 6.85. The van der Waals surface area contributed by atoms with Gasteiger partial charge in [-0.15, -0.1) is 11.3 Å². The summed E-state index contributed by atoms with van der Waals surface area (Å²) in [6.07, 6.45) is 3.00. The molecule has 0 spiro atoms. The zero-order valence-electron chi connectivity index (χ0n) is 17.4. The highest BCUT2D eigenvalue weighted by Gasteiger charge is 2.23. The Morgan fingerprint density at radius 2 is 1.88 bits per heavy atom. The van der Waals surface area contributed by atoms with E-state index in [1.165, 1.54) is 30.3 Å². The summed E-state index contributed by atoms with van der Waals surface area (Å²) in [4.78, 5) is 38.3. The van der Waals surface area contributed by atoms with Crippen LogP contribution in [0, 0.1) is 5.82 Å². The minimum Gasteiger partial charge on any atom is -0.461 e. The van der Waals surface area contributed by atoms with Crippen molar-refractivity contribution >= 4 is 45.1 Å². The fraction of sp³-hybridized carbons (Fsp3) is 0.0833. The van der Waals surface area contributed by atoms with Gasteiger partial charge < -0.3 is 10.1 Å². The molecule has 0 fully saturated rings. The number of halogens is 1. The highest BCUT2D eigenvalue weighted by Crippen LogP contribution is 2.30. The number of carbonyl (C=O) groups excluding carboxylic acids is 2. The number of nitrogens with zero attached hydrogens (tertiary/aromatic N) is 2. The van der Waals surface area contributed by atoms with Gasteiger partial charge in [-0.25, -0.2) is 9.18 Å². The molecule has 2 aromatic heterocycles. The van der Waals surface area contributed by atoms with Crippen LogP contribution >= 0.6 is 11.3 Å². The van der Waals surface area contributed by atoms with Gasteiger partial charge in [0.2, 0.25) is 5.91 Å². The van der Waals surface area contributed by atoms with E-state index in [0.717, 1.165) is 21.6 Å². The maximum atomic E-state index is 13.4. The minimum atomic E-state index is -0.710. The molecule has 166 valence electrons. The zero-order chi connectivity index (χ0) is 23.4. The smallest absolute Gasteiger partial charge is 0.359 e. The van der Waals surface area contributed by atoms with Crippen LogP contribution in [-0.2, 0) is 9.53 Å². The summed E-state index contributed by atoms with van der Waals surface area (Å²) < 4.78 is 19.5. The lowest BCUT2D eigenvalue weighted by molar-refractivity contribution is -0.111. The van der Waals surface area contributed by atoms with E-state index in [1.807, 2.05) is 30.3 Å². The number of benzene rings is 2. The Kier molecular flexibility index (Phi) is 6.41. The van der Waals surface area contributed by atoms with Gasteiger partial charge in [0.05, 0.1) is 17.7 Å². The first-order chi connectivity index (χ1) is 16.0. The molecule has 0 aliphatic heterocycles. The van der Waals surface area contributed by atoms with Crippen LogP contribution in [-0.4, -0.2) is 28.3 Å². The van der Waals surface area contributed by atoms with Crippen LogP contribution in [0.2, 0.25) is 0 Å². The molecule has 0 aliphatic carbocycles. The summed E-state index contributed by atoms with van der Waals surface area (Å²) in [5.74, 6) is -1.63. The largest absolute Gasteiger partial charge is 0.461 e. The highest BCUT2D eigenvalue weighted by molar-refractivity contribution is 7.16. The number of anilines is 1. The number of nitrogens with one attached hydrogen (secondary N) is 1. The summed E-state index contributed by atoms with van der Waals surface area (Å²) in [6, 6.07) is 14.4. The van der Waals surface area contributed by atoms with Crippen molar-refractivity contribution in [1.82, 2.24) is 9.78 Å². The van der Waals surface area contributed by atoms with Gasteiger partial charge in [-0.3, -0.25) is 9.59 Å². The van der Waals surface area contributed by atoms with Crippen molar-refractivity contribution in [2.75, 3.05) is 11.9 Å². The number of fused-ring (bicyclic) bond motifs is 1. The fourth-order valence-electron chi connectivity index (χ4n) is 3.14. The van der Waals surface area contributed by atoms with Gasteiger partial charge in [0.15, 0.2) is 5.69 Å². The fourth-order valence-corrected chi connectivity index (χ4v) is 4.08. The summed E-state index contributed by atoms with van der Waals surface area (Å²) in [6.45, 7) is 1.78.